The molecule has 3 nitrogen and oxygen atoms in total. The molecule has 1 aromatic rings. The Kier molecular flexibility index (Phi) is 3.08. The number of hydrogen-bond acceptors (Lipinski definition) is 3. The van der Waals surface area contributed by atoms with Gasteiger partial charge in [-0.2, -0.15) is 0 Å². The van der Waals surface area contributed by atoms with E-state index in [9.17, 15) is 0 Å². The average molecular weight is 299 g/mol. The molecule has 0 bridgehead atoms. The van der Waals surface area contributed by atoms with Gasteiger partial charge < -0.3 is 10.1 Å². The number of halogens is 1. The Morgan fingerprint density at radius 2 is 2.19 bits per heavy atom. The molecule has 106 valence electrons. The monoisotopic (exact) mass is 298 g/mol. The lowest BCUT2D eigenvalue weighted by Crippen LogP contribution is -2.21. The van der Waals surface area contributed by atoms with Gasteiger partial charge >= 0.3 is 0 Å². The van der Waals surface area contributed by atoms with E-state index in [-0.39, 0.29) is 11.4 Å². The van der Waals surface area contributed by atoms with Crippen molar-refractivity contribution in [3.05, 3.63) is 53.4 Å². The average Bonchev–Trinajstić information content (AvgIpc) is 2.55. The molecule has 2 heterocycles. The summed E-state index contributed by atoms with van der Waals surface area (Å²) < 4.78 is 5.79. The Morgan fingerprint density at radius 1 is 1.24 bits per heavy atom. The summed E-state index contributed by atoms with van der Waals surface area (Å²) in [6, 6.07) is 4.13. The molecular weight excluding hydrogens is 284 g/mol. The molecule has 2 aliphatic heterocycles. The predicted octanol–water partition coefficient (Wildman–Crippen LogP) is 4.43. The van der Waals surface area contributed by atoms with Crippen LogP contribution in [-0.4, -0.2) is 12.3 Å². The molecule has 21 heavy (non-hydrogen) atoms. The van der Waals surface area contributed by atoms with E-state index in [1.807, 2.05) is 18.4 Å². The molecule has 0 fully saturated rings. The van der Waals surface area contributed by atoms with Gasteiger partial charge in [-0.25, -0.2) is 0 Å². The first kappa shape index (κ1) is 12.7. The highest BCUT2D eigenvalue weighted by Crippen LogP contribution is 2.43. The van der Waals surface area contributed by atoms with Crippen LogP contribution in [-0.2, 0) is 0 Å². The van der Waals surface area contributed by atoms with E-state index in [2.05, 4.69) is 34.6 Å². The zero-order valence-corrected chi connectivity index (χ0v) is 12.2. The van der Waals surface area contributed by atoms with Crippen LogP contribution in [0.1, 0.15) is 29.3 Å². The minimum absolute atomic E-state index is 0.0297. The highest BCUT2D eigenvalue weighted by molar-refractivity contribution is 6.21. The molecule has 4 heteroatoms. The molecule has 1 N–H and O–H groups in total. The van der Waals surface area contributed by atoms with Gasteiger partial charge in [-0.1, -0.05) is 24.3 Å². The zero-order chi connectivity index (χ0) is 14.2. The molecule has 3 aliphatic rings. The van der Waals surface area contributed by atoms with Crippen molar-refractivity contribution in [1.82, 2.24) is 0 Å². The molecular formula is C17H15ClN2O. The summed E-state index contributed by atoms with van der Waals surface area (Å²) in [5, 5.41) is 3.52. The number of dihydropyridines is 1. The second-order valence-electron chi connectivity index (χ2n) is 5.34. The number of benzene rings is 1. The van der Waals surface area contributed by atoms with Crippen molar-refractivity contribution in [2.75, 3.05) is 5.32 Å². The molecule has 0 aromatic heterocycles. The van der Waals surface area contributed by atoms with Crippen LogP contribution < -0.4 is 10.1 Å². The summed E-state index contributed by atoms with van der Waals surface area (Å²) in [5.41, 5.74) is 4.26. The lowest BCUT2D eigenvalue weighted by atomic mass is 9.94. The highest BCUT2D eigenvalue weighted by Gasteiger charge is 2.25. The molecule has 0 spiro atoms. The van der Waals surface area contributed by atoms with E-state index >= 15 is 0 Å². The van der Waals surface area contributed by atoms with Gasteiger partial charge in [0.15, 0.2) is 5.75 Å². The van der Waals surface area contributed by atoms with Crippen molar-refractivity contribution in [2.45, 2.75) is 24.3 Å². The van der Waals surface area contributed by atoms with Gasteiger partial charge in [-0.05, 0) is 30.5 Å². The summed E-state index contributed by atoms with van der Waals surface area (Å²) in [4.78, 5) is 4.49. The van der Waals surface area contributed by atoms with E-state index in [0.717, 1.165) is 41.1 Å². The fourth-order valence-corrected chi connectivity index (χ4v) is 3.17. The third-order valence-corrected chi connectivity index (χ3v) is 4.41. The summed E-state index contributed by atoms with van der Waals surface area (Å²) in [6.07, 6.45) is 13.7. The predicted molar refractivity (Wildman–Crippen MR) is 87.1 cm³/mol. The fourth-order valence-electron chi connectivity index (χ4n) is 2.88. The van der Waals surface area contributed by atoms with Crippen molar-refractivity contribution in [3.8, 4) is 5.75 Å². The maximum atomic E-state index is 6.41. The number of ether oxygens (including phenoxy) is 1. The number of allylic oxidation sites excluding steroid dienone is 2. The fraction of sp³-hybridized carbons (Fsp3) is 0.235. The smallest absolute Gasteiger partial charge is 0.150 e. The van der Waals surface area contributed by atoms with Crippen LogP contribution in [0.3, 0.4) is 0 Å². The van der Waals surface area contributed by atoms with Crippen molar-refractivity contribution in [2.24, 2.45) is 4.99 Å². The first-order valence-corrected chi connectivity index (χ1v) is 7.56. The van der Waals surface area contributed by atoms with Crippen LogP contribution in [0.15, 0.2) is 47.3 Å². The van der Waals surface area contributed by atoms with Gasteiger partial charge in [-0.15, -0.1) is 11.6 Å². The maximum absolute atomic E-state index is 6.41. The molecule has 0 saturated heterocycles. The summed E-state index contributed by atoms with van der Waals surface area (Å²) in [6.45, 7) is 0. The van der Waals surface area contributed by atoms with Crippen molar-refractivity contribution in [3.63, 3.8) is 0 Å². The lowest BCUT2D eigenvalue weighted by molar-refractivity contribution is 0.463. The minimum atomic E-state index is 0.0297. The maximum Gasteiger partial charge on any atom is 0.150 e. The number of nitrogens with one attached hydrogen (secondary N) is 1. The van der Waals surface area contributed by atoms with E-state index in [1.54, 1.807) is 6.26 Å². The molecule has 2 atom stereocenters. The van der Waals surface area contributed by atoms with Gasteiger partial charge in [0.05, 0.1) is 22.8 Å². The first-order chi connectivity index (χ1) is 10.3. The largest absolute Gasteiger partial charge is 0.461 e. The number of aliphatic imine (C=N–C) groups is 1. The second-order valence-corrected chi connectivity index (χ2v) is 5.87. The summed E-state index contributed by atoms with van der Waals surface area (Å²) in [7, 11) is 0. The number of rotatable bonds is 1. The third-order valence-electron chi connectivity index (χ3n) is 3.99. The number of fused-ring (bicyclic) bond motifs is 3. The van der Waals surface area contributed by atoms with E-state index < -0.39 is 0 Å². The van der Waals surface area contributed by atoms with Crippen LogP contribution in [0, 0.1) is 0 Å². The molecule has 0 saturated carbocycles. The highest BCUT2D eigenvalue weighted by atomic mass is 35.5. The quantitative estimate of drug-likeness (QED) is 0.778. The van der Waals surface area contributed by atoms with Crippen LogP contribution in [0.4, 0.5) is 5.69 Å². The summed E-state index contributed by atoms with van der Waals surface area (Å²) in [5.74, 6) is 0.836. The van der Waals surface area contributed by atoms with Crippen LogP contribution >= 0.6 is 11.6 Å². The normalized spacial score (nSPS) is 25.5. The van der Waals surface area contributed by atoms with E-state index in [0.29, 0.717) is 0 Å². The Morgan fingerprint density at radius 3 is 3.05 bits per heavy atom. The van der Waals surface area contributed by atoms with E-state index in [4.69, 9.17) is 16.3 Å². The SMILES string of the molecule is ClC1CC=Cc2c1ccc1c2NC(C2CC=CC=N2)=CO1. The molecule has 0 radical (unpaired) electrons. The topological polar surface area (TPSA) is 33.6 Å². The van der Waals surface area contributed by atoms with Gasteiger partial charge in [0, 0.05) is 11.8 Å². The Balaban J connectivity index is 1.71. The van der Waals surface area contributed by atoms with Gasteiger partial charge in [0.1, 0.15) is 6.26 Å². The van der Waals surface area contributed by atoms with Gasteiger partial charge in [-0.3, -0.25) is 4.99 Å². The molecule has 1 aliphatic carbocycles. The molecule has 2 unspecified atom stereocenters. The van der Waals surface area contributed by atoms with Crippen LogP contribution in [0.5, 0.6) is 5.75 Å². The molecule has 0 amide bonds. The second kappa shape index (κ2) is 5.08. The van der Waals surface area contributed by atoms with Gasteiger partial charge in [0.2, 0.25) is 0 Å². The van der Waals surface area contributed by atoms with Crippen molar-refractivity contribution >= 4 is 29.6 Å². The molecule has 4 rings (SSSR count). The Hall–Kier alpha value is -2.00. The number of anilines is 1. The molecule has 1 aromatic carbocycles. The Labute approximate surface area is 128 Å². The van der Waals surface area contributed by atoms with Crippen LogP contribution in [0.25, 0.3) is 6.08 Å². The minimum Gasteiger partial charge on any atom is -0.461 e. The van der Waals surface area contributed by atoms with Crippen LogP contribution in [0.2, 0.25) is 0 Å². The van der Waals surface area contributed by atoms with E-state index in [1.165, 1.54) is 0 Å². The third kappa shape index (κ3) is 2.18. The Bertz CT molecular complexity index is 703. The van der Waals surface area contributed by atoms with Crippen molar-refractivity contribution < 1.29 is 4.74 Å². The number of hydrogen-bond donors (Lipinski definition) is 1. The summed E-state index contributed by atoms with van der Waals surface area (Å²) >= 11 is 6.41. The standard InChI is InChI=1S/C17H15ClN2O/c18-13-5-3-4-12-11(13)7-8-16-17(12)20-15(10-21-16)14-6-1-2-9-19-14/h1-4,7-10,13-14,20H,5-6H2. The first-order valence-electron chi connectivity index (χ1n) is 7.12. The number of alkyl halides is 1. The number of nitrogens with zero attached hydrogens (tertiary/aromatic N) is 1. The lowest BCUT2D eigenvalue weighted by Gasteiger charge is -2.28. The zero-order valence-electron chi connectivity index (χ0n) is 11.4. The van der Waals surface area contributed by atoms with Crippen molar-refractivity contribution in [1.29, 1.82) is 0 Å². The van der Waals surface area contributed by atoms with Gasteiger partial charge in [0.25, 0.3) is 0 Å².